The number of methoxy groups -OCH3 is 1. The molecule has 1 saturated heterocycles. The number of ether oxygens (including phenoxy) is 2. The molecule has 2 aromatic rings. The van der Waals surface area contributed by atoms with E-state index in [1.165, 1.54) is 24.5 Å². The second-order valence-corrected chi connectivity index (χ2v) is 10.2. The molecule has 0 aliphatic carbocycles. The molecule has 0 bridgehead atoms. The van der Waals surface area contributed by atoms with Crippen LogP contribution >= 0.6 is 11.3 Å². The van der Waals surface area contributed by atoms with E-state index >= 15 is 0 Å². The highest BCUT2D eigenvalue weighted by molar-refractivity contribution is 7.91. The van der Waals surface area contributed by atoms with Crippen LogP contribution in [0.1, 0.15) is 27.2 Å². The maximum Gasteiger partial charge on any atom is 0.337 e. The zero-order valence-corrected chi connectivity index (χ0v) is 17.9. The minimum Gasteiger partial charge on any atom is -0.483 e. The Morgan fingerprint density at radius 1 is 1.28 bits per heavy atom. The summed E-state index contributed by atoms with van der Waals surface area (Å²) in [6, 6.07) is 8.34. The molecule has 7 nitrogen and oxygen atoms in total. The SMILES string of the molecule is COC(=O)c1ccc(C)c(OCC(=O)N(Cc2cccs2)C2CCS(=O)(=O)C2)c1. The van der Waals surface area contributed by atoms with Crippen molar-refractivity contribution in [3.05, 3.63) is 51.7 Å². The number of nitrogens with zero attached hydrogens (tertiary/aromatic N) is 1. The van der Waals surface area contributed by atoms with Gasteiger partial charge in [0.05, 0.1) is 30.7 Å². The summed E-state index contributed by atoms with van der Waals surface area (Å²) in [6.07, 6.45) is 0.427. The summed E-state index contributed by atoms with van der Waals surface area (Å²) in [4.78, 5) is 27.2. The van der Waals surface area contributed by atoms with Crippen LogP contribution < -0.4 is 4.74 Å². The molecule has 1 atom stereocenters. The number of aryl methyl sites for hydroxylation is 1. The minimum absolute atomic E-state index is 0.0268. The molecule has 0 spiro atoms. The van der Waals surface area contributed by atoms with Crippen molar-refractivity contribution in [2.75, 3.05) is 25.2 Å². The highest BCUT2D eigenvalue weighted by atomic mass is 32.2. The average molecular weight is 438 g/mol. The van der Waals surface area contributed by atoms with E-state index in [1.54, 1.807) is 17.0 Å². The van der Waals surface area contributed by atoms with E-state index in [0.29, 0.717) is 24.3 Å². The Morgan fingerprint density at radius 2 is 2.07 bits per heavy atom. The summed E-state index contributed by atoms with van der Waals surface area (Å²) < 4.78 is 34.2. The maximum atomic E-state index is 12.9. The first-order valence-electron chi connectivity index (χ1n) is 9.13. The number of amides is 1. The monoisotopic (exact) mass is 437 g/mol. The van der Waals surface area contributed by atoms with E-state index < -0.39 is 15.8 Å². The molecule has 1 aliphatic rings. The van der Waals surface area contributed by atoms with Crippen LogP contribution in [0.3, 0.4) is 0 Å². The number of hydrogen-bond donors (Lipinski definition) is 0. The summed E-state index contributed by atoms with van der Waals surface area (Å²) in [5.41, 5.74) is 1.11. The summed E-state index contributed by atoms with van der Waals surface area (Å²) in [5, 5.41) is 1.92. The Labute approximate surface area is 174 Å². The summed E-state index contributed by atoms with van der Waals surface area (Å²) in [6.45, 7) is 1.92. The van der Waals surface area contributed by atoms with Gasteiger partial charge in [-0.3, -0.25) is 4.79 Å². The van der Waals surface area contributed by atoms with Crippen molar-refractivity contribution in [3.8, 4) is 5.75 Å². The fourth-order valence-electron chi connectivity index (χ4n) is 3.24. The van der Waals surface area contributed by atoms with Gasteiger partial charge < -0.3 is 14.4 Å². The first-order chi connectivity index (χ1) is 13.8. The number of sulfone groups is 1. The lowest BCUT2D eigenvalue weighted by atomic mass is 10.1. The third kappa shape index (κ3) is 5.36. The second kappa shape index (κ2) is 8.96. The summed E-state index contributed by atoms with van der Waals surface area (Å²) in [5.74, 6) is -0.301. The van der Waals surface area contributed by atoms with Gasteiger partial charge in [-0.05, 0) is 42.5 Å². The minimum atomic E-state index is -3.13. The molecule has 1 fully saturated rings. The van der Waals surface area contributed by atoms with Crippen LogP contribution in [0.2, 0.25) is 0 Å². The summed E-state index contributed by atoms with van der Waals surface area (Å²) >= 11 is 1.52. The molecule has 9 heteroatoms. The lowest BCUT2D eigenvalue weighted by Crippen LogP contribution is -2.42. The van der Waals surface area contributed by atoms with Crippen molar-refractivity contribution in [1.82, 2.24) is 4.90 Å². The smallest absolute Gasteiger partial charge is 0.337 e. The lowest BCUT2D eigenvalue weighted by Gasteiger charge is -2.28. The number of carbonyl (C=O) groups is 2. The molecule has 1 aliphatic heterocycles. The Morgan fingerprint density at radius 3 is 2.69 bits per heavy atom. The van der Waals surface area contributed by atoms with E-state index in [2.05, 4.69) is 0 Å². The quantitative estimate of drug-likeness (QED) is 0.618. The molecule has 1 amide bonds. The van der Waals surface area contributed by atoms with Crippen LogP contribution in [-0.4, -0.2) is 56.5 Å². The van der Waals surface area contributed by atoms with Crippen LogP contribution in [0, 0.1) is 6.92 Å². The van der Waals surface area contributed by atoms with Gasteiger partial charge in [-0.2, -0.15) is 0 Å². The van der Waals surface area contributed by atoms with Crippen LogP contribution in [-0.2, 0) is 25.9 Å². The van der Waals surface area contributed by atoms with E-state index in [0.717, 1.165) is 10.4 Å². The molecular formula is C20H23NO6S2. The molecule has 1 unspecified atom stereocenters. The molecule has 2 heterocycles. The van der Waals surface area contributed by atoms with Crippen LogP contribution in [0.4, 0.5) is 0 Å². The third-order valence-electron chi connectivity index (χ3n) is 4.84. The van der Waals surface area contributed by atoms with Crippen molar-refractivity contribution in [2.45, 2.75) is 25.9 Å². The second-order valence-electron chi connectivity index (χ2n) is 6.92. The van der Waals surface area contributed by atoms with Gasteiger partial charge in [0.1, 0.15) is 5.75 Å². The van der Waals surface area contributed by atoms with Gasteiger partial charge in [0.2, 0.25) is 0 Å². The van der Waals surface area contributed by atoms with Gasteiger partial charge >= 0.3 is 5.97 Å². The first-order valence-corrected chi connectivity index (χ1v) is 11.8. The zero-order valence-electron chi connectivity index (χ0n) is 16.3. The molecule has 0 saturated carbocycles. The topological polar surface area (TPSA) is 90.0 Å². The molecular weight excluding hydrogens is 414 g/mol. The Hall–Kier alpha value is -2.39. The van der Waals surface area contributed by atoms with Crippen molar-refractivity contribution in [2.24, 2.45) is 0 Å². The fourth-order valence-corrected chi connectivity index (χ4v) is 5.67. The van der Waals surface area contributed by atoms with Gasteiger partial charge in [-0.25, -0.2) is 13.2 Å². The van der Waals surface area contributed by atoms with Crippen molar-refractivity contribution < 1.29 is 27.5 Å². The molecule has 156 valence electrons. The Kier molecular flexibility index (Phi) is 6.59. The lowest BCUT2D eigenvalue weighted by molar-refractivity contribution is -0.135. The number of hydrogen-bond acceptors (Lipinski definition) is 7. The third-order valence-corrected chi connectivity index (χ3v) is 7.45. The number of benzene rings is 1. The molecule has 1 aromatic carbocycles. The standard InChI is InChI=1S/C20H23NO6S2/c1-14-5-6-15(20(23)26-2)10-18(14)27-12-19(22)21(11-17-4-3-8-28-17)16-7-9-29(24,25)13-16/h3-6,8,10,16H,7,9,11-13H2,1-2H3. The first kappa shape index (κ1) is 21.3. The van der Waals surface area contributed by atoms with Crippen molar-refractivity contribution in [1.29, 1.82) is 0 Å². The van der Waals surface area contributed by atoms with Gasteiger partial charge in [0.15, 0.2) is 16.4 Å². The molecule has 1 aromatic heterocycles. The molecule has 3 rings (SSSR count). The maximum absolute atomic E-state index is 12.9. The largest absolute Gasteiger partial charge is 0.483 e. The van der Waals surface area contributed by atoms with Crippen molar-refractivity contribution in [3.63, 3.8) is 0 Å². The van der Waals surface area contributed by atoms with Crippen LogP contribution in [0.5, 0.6) is 5.75 Å². The fraction of sp³-hybridized carbons (Fsp3) is 0.400. The van der Waals surface area contributed by atoms with E-state index in [-0.39, 0.29) is 30.1 Å². The number of carbonyl (C=O) groups excluding carboxylic acids is 2. The highest BCUT2D eigenvalue weighted by Gasteiger charge is 2.35. The number of rotatable bonds is 7. The number of thiophene rings is 1. The number of esters is 1. The summed E-state index contributed by atoms with van der Waals surface area (Å²) in [7, 11) is -1.83. The van der Waals surface area contributed by atoms with Crippen molar-refractivity contribution >= 4 is 33.1 Å². The zero-order chi connectivity index (χ0) is 21.0. The van der Waals surface area contributed by atoms with Gasteiger partial charge in [0.25, 0.3) is 5.91 Å². The average Bonchev–Trinajstić information content (AvgIpc) is 3.33. The van der Waals surface area contributed by atoms with E-state index in [1.807, 2.05) is 24.4 Å². The van der Waals surface area contributed by atoms with Gasteiger partial charge in [-0.15, -0.1) is 11.3 Å². The molecule has 0 N–H and O–H groups in total. The van der Waals surface area contributed by atoms with Crippen LogP contribution in [0.25, 0.3) is 0 Å². The highest BCUT2D eigenvalue weighted by Crippen LogP contribution is 2.24. The van der Waals surface area contributed by atoms with Gasteiger partial charge in [-0.1, -0.05) is 12.1 Å². The molecule has 0 radical (unpaired) electrons. The normalized spacial score (nSPS) is 17.7. The Balaban J connectivity index is 1.74. The van der Waals surface area contributed by atoms with Crippen LogP contribution in [0.15, 0.2) is 35.7 Å². The van der Waals surface area contributed by atoms with E-state index in [9.17, 15) is 18.0 Å². The predicted octanol–water partition coefficient (Wildman–Crippen LogP) is 2.44. The van der Waals surface area contributed by atoms with Gasteiger partial charge in [0, 0.05) is 10.9 Å². The Bertz CT molecular complexity index is 984. The predicted molar refractivity (Wildman–Crippen MR) is 110 cm³/mol. The molecule has 29 heavy (non-hydrogen) atoms. The van der Waals surface area contributed by atoms with E-state index in [4.69, 9.17) is 9.47 Å².